The van der Waals surface area contributed by atoms with Crippen molar-refractivity contribution < 1.29 is 4.39 Å². The molecule has 2 aromatic carbocycles. The highest BCUT2D eigenvalue weighted by Crippen LogP contribution is 2.52. The third-order valence-corrected chi connectivity index (χ3v) is 4.89. The summed E-state index contributed by atoms with van der Waals surface area (Å²) >= 11 is 0. The Morgan fingerprint density at radius 2 is 1.92 bits per heavy atom. The number of rotatable bonds is 1. The van der Waals surface area contributed by atoms with Crippen LogP contribution in [0.1, 0.15) is 35.1 Å². The zero-order chi connectivity index (χ0) is 16.7. The Labute approximate surface area is 139 Å². The van der Waals surface area contributed by atoms with Gasteiger partial charge in [-0.05, 0) is 35.2 Å². The molecule has 0 spiro atoms. The molecule has 0 aromatic heterocycles. The van der Waals surface area contributed by atoms with E-state index in [0.717, 1.165) is 11.1 Å². The fourth-order valence-corrected chi connectivity index (χ4v) is 3.77. The topological polar surface area (TPSA) is 63.2 Å². The number of nitriles is 2. The molecular formula is C19H13FN4. The van der Waals surface area contributed by atoms with Crippen LogP contribution in [0.5, 0.6) is 0 Å². The van der Waals surface area contributed by atoms with Crippen molar-refractivity contribution >= 4 is 6.21 Å². The lowest BCUT2D eigenvalue weighted by Gasteiger charge is -2.33. The van der Waals surface area contributed by atoms with Gasteiger partial charge in [0.2, 0.25) is 5.54 Å². The molecule has 0 radical (unpaired) electrons. The van der Waals surface area contributed by atoms with Gasteiger partial charge in [0.05, 0.1) is 12.3 Å². The van der Waals surface area contributed by atoms with Gasteiger partial charge in [-0.3, -0.25) is 5.01 Å². The highest BCUT2D eigenvalue weighted by Gasteiger charge is 2.56. The van der Waals surface area contributed by atoms with Gasteiger partial charge in [-0.15, -0.1) is 0 Å². The fourth-order valence-electron chi connectivity index (χ4n) is 3.77. The zero-order valence-corrected chi connectivity index (χ0v) is 12.7. The van der Waals surface area contributed by atoms with E-state index in [2.05, 4.69) is 17.2 Å². The van der Waals surface area contributed by atoms with E-state index in [1.165, 1.54) is 12.1 Å². The third kappa shape index (κ3) is 1.85. The van der Waals surface area contributed by atoms with Crippen molar-refractivity contribution in [3.05, 3.63) is 71.0 Å². The van der Waals surface area contributed by atoms with Crippen LogP contribution in [0.15, 0.2) is 53.6 Å². The maximum atomic E-state index is 13.7. The second-order valence-electron chi connectivity index (χ2n) is 6.07. The van der Waals surface area contributed by atoms with Crippen molar-refractivity contribution in [2.45, 2.75) is 23.9 Å². The molecule has 0 N–H and O–H groups in total. The molecule has 4 rings (SSSR count). The zero-order valence-electron chi connectivity index (χ0n) is 12.7. The van der Waals surface area contributed by atoms with Gasteiger partial charge in [-0.1, -0.05) is 36.4 Å². The van der Waals surface area contributed by atoms with Crippen molar-refractivity contribution in [3.63, 3.8) is 0 Å². The van der Waals surface area contributed by atoms with Gasteiger partial charge in [-0.25, -0.2) is 4.39 Å². The Morgan fingerprint density at radius 3 is 2.67 bits per heavy atom. The average molecular weight is 316 g/mol. The summed E-state index contributed by atoms with van der Waals surface area (Å²) in [5.74, 6) is -0.803. The maximum absolute atomic E-state index is 13.7. The highest BCUT2D eigenvalue weighted by atomic mass is 19.1. The summed E-state index contributed by atoms with van der Waals surface area (Å²) in [5.41, 5.74) is 1.24. The minimum absolute atomic E-state index is 0.168. The van der Waals surface area contributed by atoms with Gasteiger partial charge in [0.1, 0.15) is 18.0 Å². The minimum Gasteiger partial charge on any atom is -0.255 e. The van der Waals surface area contributed by atoms with Crippen molar-refractivity contribution in [1.29, 1.82) is 10.5 Å². The van der Waals surface area contributed by atoms with E-state index < -0.39 is 11.5 Å². The quantitative estimate of drug-likeness (QED) is 0.809. The lowest BCUT2D eigenvalue weighted by atomic mass is 9.81. The van der Waals surface area contributed by atoms with Crippen LogP contribution in [-0.4, -0.2) is 16.8 Å². The predicted molar refractivity (Wildman–Crippen MR) is 86.3 cm³/mol. The molecule has 5 heteroatoms. The van der Waals surface area contributed by atoms with Gasteiger partial charge < -0.3 is 0 Å². The number of hydrogen-bond acceptors (Lipinski definition) is 4. The van der Waals surface area contributed by atoms with Crippen molar-refractivity contribution in [2.24, 2.45) is 5.10 Å². The second kappa shape index (κ2) is 5.18. The van der Waals surface area contributed by atoms with Crippen LogP contribution in [0.4, 0.5) is 4.39 Å². The molecule has 2 aliphatic heterocycles. The van der Waals surface area contributed by atoms with Gasteiger partial charge in [-0.2, -0.15) is 15.6 Å². The van der Waals surface area contributed by atoms with Gasteiger partial charge in [0.15, 0.2) is 0 Å². The first kappa shape index (κ1) is 14.4. The van der Waals surface area contributed by atoms with E-state index in [0.29, 0.717) is 12.0 Å². The van der Waals surface area contributed by atoms with Gasteiger partial charge in [0, 0.05) is 5.92 Å². The van der Waals surface area contributed by atoms with Crippen LogP contribution in [-0.2, 0) is 0 Å². The number of hydrogen-bond donors (Lipinski definition) is 0. The van der Waals surface area contributed by atoms with E-state index in [9.17, 15) is 14.9 Å². The Kier molecular flexibility index (Phi) is 3.11. The SMILES string of the molecule is N#CC1(C#N)[C@@H](c2cccc(F)c2)C[C@@H]2c3ccccc3C=NN21. The number of nitrogens with zero attached hydrogens (tertiary/aromatic N) is 4. The van der Waals surface area contributed by atoms with Crippen LogP contribution < -0.4 is 0 Å². The number of benzene rings is 2. The number of hydrazone groups is 1. The van der Waals surface area contributed by atoms with Crippen molar-refractivity contribution in [3.8, 4) is 12.1 Å². The van der Waals surface area contributed by atoms with Crippen LogP contribution >= 0.6 is 0 Å². The Bertz CT molecular complexity index is 907. The molecule has 2 aromatic rings. The van der Waals surface area contributed by atoms with Crippen LogP contribution in [0.3, 0.4) is 0 Å². The Balaban J connectivity index is 1.88. The monoisotopic (exact) mass is 316 g/mol. The molecule has 1 saturated heterocycles. The molecule has 2 atom stereocenters. The predicted octanol–water partition coefficient (Wildman–Crippen LogP) is 3.49. The molecule has 4 nitrogen and oxygen atoms in total. The first-order valence-corrected chi connectivity index (χ1v) is 7.70. The highest BCUT2D eigenvalue weighted by molar-refractivity contribution is 5.83. The summed E-state index contributed by atoms with van der Waals surface area (Å²) < 4.78 is 13.7. The largest absolute Gasteiger partial charge is 0.255 e. The normalized spacial score (nSPS) is 23.0. The van der Waals surface area contributed by atoms with E-state index >= 15 is 0 Å². The molecule has 0 bridgehead atoms. The molecule has 116 valence electrons. The first-order valence-electron chi connectivity index (χ1n) is 7.70. The Hall–Kier alpha value is -3.18. The van der Waals surface area contributed by atoms with Crippen LogP contribution in [0.2, 0.25) is 0 Å². The molecular weight excluding hydrogens is 303 g/mol. The van der Waals surface area contributed by atoms with E-state index in [1.54, 1.807) is 23.4 Å². The minimum atomic E-state index is -1.44. The average Bonchev–Trinajstić information content (AvgIpc) is 2.97. The number of halogens is 1. The summed E-state index contributed by atoms with van der Waals surface area (Å²) in [6.07, 6.45) is 2.22. The number of fused-ring (bicyclic) bond motifs is 3. The summed E-state index contributed by atoms with van der Waals surface area (Å²) in [6, 6.07) is 18.1. The van der Waals surface area contributed by atoms with E-state index in [4.69, 9.17) is 0 Å². The van der Waals surface area contributed by atoms with Crippen LogP contribution in [0.25, 0.3) is 0 Å². The standard InChI is InChI=1S/C19H13FN4/c20-15-6-3-5-13(8-15)17-9-18-16-7-2-1-4-14(16)10-23-24(18)19(17,11-21)12-22/h1-8,10,17-18H,9H2/t17-,18-/m1/s1. The molecule has 1 fully saturated rings. The van der Waals surface area contributed by atoms with E-state index in [1.807, 2.05) is 24.3 Å². The molecule has 2 heterocycles. The maximum Gasteiger partial charge on any atom is 0.236 e. The van der Waals surface area contributed by atoms with Gasteiger partial charge in [0.25, 0.3) is 0 Å². The lowest BCUT2D eigenvalue weighted by Crippen LogP contribution is -2.43. The Morgan fingerprint density at radius 1 is 1.12 bits per heavy atom. The summed E-state index contributed by atoms with van der Waals surface area (Å²) in [6.45, 7) is 0. The summed E-state index contributed by atoms with van der Waals surface area (Å²) in [7, 11) is 0. The molecule has 0 unspecified atom stereocenters. The lowest BCUT2D eigenvalue weighted by molar-refractivity contribution is 0.183. The van der Waals surface area contributed by atoms with Crippen molar-refractivity contribution in [1.82, 2.24) is 5.01 Å². The summed E-state index contributed by atoms with van der Waals surface area (Å²) in [5, 5.41) is 25.6. The first-order chi connectivity index (χ1) is 11.7. The second-order valence-corrected chi connectivity index (χ2v) is 6.07. The van der Waals surface area contributed by atoms with E-state index in [-0.39, 0.29) is 11.9 Å². The van der Waals surface area contributed by atoms with Crippen LogP contribution in [0, 0.1) is 28.5 Å². The molecule has 2 aliphatic rings. The fraction of sp³-hybridized carbons (Fsp3) is 0.211. The third-order valence-electron chi connectivity index (χ3n) is 4.89. The summed E-state index contributed by atoms with van der Waals surface area (Å²) in [4.78, 5) is 0. The molecule has 0 saturated carbocycles. The molecule has 0 aliphatic carbocycles. The van der Waals surface area contributed by atoms with Gasteiger partial charge >= 0.3 is 0 Å². The van der Waals surface area contributed by atoms with Crippen molar-refractivity contribution in [2.75, 3.05) is 0 Å². The smallest absolute Gasteiger partial charge is 0.236 e. The molecule has 24 heavy (non-hydrogen) atoms. The molecule has 0 amide bonds.